The van der Waals surface area contributed by atoms with E-state index in [0.717, 1.165) is 5.56 Å². The van der Waals surface area contributed by atoms with Crippen molar-refractivity contribution in [1.82, 2.24) is 31.9 Å². The molecule has 0 bridgehead atoms. The van der Waals surface area contributed by atoms with Crippen molar-refractivity contribution in [1.29, 1.82) is 0 Å². The molecule has 0 saturated heterocycles. The molecule has 0 aliphatic carbocycles. The minimum atomic E-state index is -0.998. The number of carboxylic acid groups (broad SMARTS) is 1. The molecule has 0 radical (unpaired) electrons. The molecule has 0 heterocycles. The van der Waals surface area contributed by atoms with E-state index in [0.29, 0.717) is 31.4 Å². The number of rotatable bonds is 24. The van der Waals surface area contributed by atoms with Gasteiger partial charge in [0.15, 0.2) is 0 Å². The minimum absolute atomic E-state index is 0.0266. The van der Waals surface area contributed by atoms with Crippen molar-refractivity contribution < 1.29 is 33.9 Å². The summed E-state index contributed by atoms with van der Waals surface area (Å²) >= 11 is 0. The lowest BCUT2D eigenvalue weighted by Crippen LogP contribution is -2.58. The van der Waals surface area contributed by atoms with E-state index in [-0.39, 0.29) is 73.9 Å². The first-order valence-corrected chi connectivity index (χ1v) is 18.3. The van der Waals surface area contributed by atoms with E-state index < -0.39 is 42.0 Å². The molecule has 14 heteroatoms. The van der Waals surface area contributed by atoms with Crippen LogP contribution in [0.25, 0.3) is 0 Å². The SMILES string of the molecule is CCC[C@H](NC(=O)C(NC(=O)CCCC(=O)O)[C@@H](C)CC)C(=O)NC(CN[C@@H](C)C(=O)N[C@H](C(=O)NCc1cccc(N)c1)C(C)C)CC(C)C. The van der Waals surface area contributed by atoms with Crippen molar-refractivity contribution in [3.05, 3.63) is 29.8 Å². The van der Waals surface area contributed by atoms with Gasteiger partial charge in [-0.1, -0.05) is 73.4 Å². The Hall–Kier alpha value is -4.20. The third-order valence-electron chi connectivity index (χ3n) is 8.65. The van der Waals surface area contributed by atoms with Crippen molar-refractivity contribution in [2.24, 2.45) is 17.8 Å². The number of aliphatic carboxylic acids is 1. The van der Waals surface area contributed by atoms with Crippen molar-refractivity contribution >= 4 is 41.2 Å². The first kappa shape index (κ1) is 44.8. The predicted molar refractivity (Wildman–Crippen MR) is 198 cm³/mol. The van der Waals surface area contributed by atoms with Crippen molar-refractivity contribution in [3.8, 4) is 0 Å². The number of nitrogens with two attached hydrogens (primary N) is 1. The average Bonchev–Trinajstić information content (AvgIpc) is 3.05. The second-order valence-corrected chi connectivity index (χ2v) is 14.2. The number of hydrogen-bond acceptors (Lipinski definition) is 8. The van der Waals surface area contributed by atoms with Gasteiger partial charge in [0.2, 0.25) is 29.5 Å². The lowest BCUT2D eigenvalue weighted by atomic mass is 9.97. The maximum atomic E-state index is 13.6. The molecule has 0 aromatic heterocycles. The molecule has 0 aliphatic rings. The maximum Gasteiger partial charge on any atom is 0.303 e. The molecule has 0 aliphatic heterocycles. The molecule has 0 fully saturated rings. The van der Waals surface area contributed by atoms with Gasteiger partial charge >= 0.3 is 5.97 Å². The molecular weight excluding hydrogens is 654 g/mol. The van der Waals surface area contributed by atoms with Gasteiger partial charge in [0, 0.05) is 37.7 Å². The van der Waals surface area contributed by atoms with Gasteiger partial charge in [-0.3, -0.25) is 28.8 Å². The molecule has 1 rings (SSSR count). The van der Waals surface area contributed by atoms with Gasteiger partial charge in [0.25, 0.3) is 0 Å². The summed E-state index contributed by atoms with van der Waals surface area (Å²) in [5, 5.41) is 26.4. The van der Waals surface area contributed by atoms with E-state index in [1.54, 1.807) is 19.1 Å². The molecule has 6 atom stereocenters. The van der Waals surface area contributed by atoms with E-state index in [9.17, 15) is 28.8 Å². The average molecular weight is 718 g/mol. The van der Waals surface area contributed by atoms with Crippen LogP contribution in [0.1, 0.15) is 106 Å². The zero-order chi connectivity index (χ0) is 38.7. The number of amides is 5. The Labute approximate surface area is 303 Å². The second-order valence-electron chi connectivity index (χ2n) is 14.2. The second kappa shape index (κ2) is 23.3. The molecular formula is C37H63N7O7. The number of carboxylic acids is 1. The fourth-order valence-corrected chi connectivity index (χ4v) is 5.46. The number of hydrogen-bond donors (Lipinski definition) is 8. The molecule has 51 heavy (non-hydrogen) atoms. The molecule has 5 amide bonds. The van der Waals surface area contributed by atoms with Crippen LogP contribution in [0.15, 0.2) is 24.3 Å². The van der Waals surface area contributed by atoms with Crippen LogP contribution in [-0.2, 0) is 35.3 Å². The molecule has 14 nitrogen and oxygen atoms in total. The minimum Gasteiger partial charge on any atom is -0.481 e. The Balaban J connectivity index is 2.89. The van der Waals surface area contributed by atoms with Crippen LogP contribution in [0.5, 0.6) is 0 Å². The van der Waals surface area contributed by atoms with Gasteiger partial charge < -0.3 is 42.7 Å². The van der Waals surface area contributed by atoms with Gasteiger partial charge in [-0.2, -0.15) is 0 Å². The van der Waals surface area contributed by atoms with Crippen molar-refractivity contribution in [2.45, 2.75) is 137 Å². The molecule has 0 spiro atoms. The number of benzene rings is 1. The highest BCUT2D eigenvalue weighted by atomic mass is 16.4. The molecule has 2 unspecified atom stereocenters. The summed E-state index contributed by atoms with van der Waals surface area (Å²) in [4.78, 5) is 76.6. The van der Waals surface area contributed by atoms with E-state index in [1.807, 2.05) is 60.6 Å². The normalized spacial score (nSPS) is 14.8. The lowest BCUT2D eigenvalue weighted by molar-refractivity contribution is -0.137. The summed E-state index contributed by atoms with van der Waals surface area (Å²) in [6, 6.07) is 3.65. The summed E-state index contributed by atoms with van der Waals surface area (Å²) in [7, 11) is 0. The quantitative estimate of drug-likeness (QED) is 0.0736. The number of anilines is 1. The summed E-state index contributed by atoms with van der Waals surface area (Å²) in [5.74, 6) is -3.14. The Morgan fingerprint density at radius 1 is 0.804 bits per heavy atom. The number of carbonyl (C=O) groups is 6. The van der Waals surface area contributed by atoms with Gasteiger partial charge in [-0.25, -0.2) is 0 Å². The van der Waals surface area contributed by atoms with Crippen LogP contribution in [0.3, 0.4) is 0 Å². The van der Waals surface area contributed by atoms with Crippen molar-refractivity contribution in [3.63, 3.8) is 0 Å². The molecule has 1 aromatic rings. The van der Waals surface area contributed by atoms with Crippen LogP contribution in [0.4, 0.5) is 5.69 Å². The molecule has 288 valence electrons. The van der Waals surface area contributed by atoms with E-state index in [1.165, 1.54) is 0 Å². The van der Waals surface area contributed by atoms with Gasteiger partial charge in [-0.05, 0) is 61.6 Å². The van der Waals surface area contributed by atoms with Gasteiger partial charge in [0.1, 0.15) is 18.1 Å². The van der Waals surface area contributed by atoms with E-state index in [4.69, 9.17) is 10.8 Å². The summed E-state index contributed by atoms with van der Waals surface area (Å²) < 4.78 is 0. The van der Waals surface area contributed by atoms with Crippen LogP contribution in [-0.4, -0.2) is 77.4 Å². The summed E-state index contributed by atoms with van der Waals surface area (Å²) in [6.45, 7) is 15.6. The highest BCUT2D eigenvalue weighted by Gasteiger charge is 2.31. The number of nitrogens with one attached hydrogen (secondary N) is 6. The van der Waals surface area contributed by atoms with Crippen LogP contribution in [0.2, 0.25) is 0 Å². The number of nitrogen functional groups attached to an aromatic ring is 1. The Bertz CT molecular complexity index is 1290. The molecule has 0 saturated carbocycles. The Morgan fingerprint density at radius 3 is 2.06 bits per heavy atom. The third kappa shape index (κ3) is 17.5. The number of carbonyl (C=O) groups excluding carboxylic acids is 5. The molecule has 1 aromatic carbocycles. The zero-order valence-electron chi connectivity index (χ0n) is 31.8. The fraction of sp³-hybridized carbons (Fsp3) is 0.676. The van der Waals surface area contributed by atoms with Crippen molar-refractivity contribution in [2.75, 3.05) is 12.3 Å². The largest absolute Gasteiger partial charge is 0.481 e. The summed E-state index contributed by atoms with van der Waals surface area (Å²) in [6.07, 6.45) is 2.16. The predicted octanol–water partition coefficient (Wildman–Crippen LogP) is 2.61. The highest BCUT2D eigenvalue weighted by molar-refractivity contribution is 5.92. The zero-order valence-corrected chi connectivity index (χ0v) is 31.8. The monoisotopic (exact) mass is 717 g/mol. The van der Waals surface area contributed by atoms with Crippen LogP contribution >= 0.6 is 0 Å². The first-order valence-electron chi connectivity index (χ1n) is 18.3. The summed E-state index contributed by atoms with van der Waals surface area (Å²) in [5.41, 5.74) is 7.28. The fourth-order valence-electron chi connectivity index (χ4n) is 5.46. The first-order chi connectivity index (χ1) is 24.0. The lowest BCUT2D eigenvalue weighted by Gasteiger charge is -2.29. The van der Waals surface area contributed by atoms with E-state index in [2.05, 4.69) is 31.9 Å². The standard InChI is InChI=1S/C37H63N7O7/c1-9-13-29(42-37(51)33(24(7)10-2)43-30(45)16-12-17-31(46)47)35(49)41-28(18-22(3)4)21-39-25(8)34(48)44-32(23(5)6)36(50)40-20-26-14-11-15-27(38)19-26/h11,14-15,19,22-25,28-29,32-33,39H,9-10,12-13,16-18,20-21,38H2,1-8H3,(H,40,50)(H,41,49)(H,42,51)(H,43,45)(H,44,48)(H,46,47)/t24-,25-,28?,29-,32-,33?/m0/s1. The van der Waals surface area contributed by atoms with Gasteiger partial charge in [-0.15, -0.1) is 0 Å². The van der Waals surface area contributed by atoms with Crippen LogP contribution in [0, 0.1) is 17.8 Å². The smallest absolute Gasteiger partial charge is 0.303 e. The molecule has 9 N–H and O–H groups in total. The Morgan fingerprint density at radius 2 is 1.49 bits per heavy atom. The maximum absolute atomic E-state index is 13.6. The van der Waals surface area contributed by atoms with Gasteiger partial charge in [0.05, 0.1) is 6.04 Å². The van der Waals surface area contributed by atoms with E-state index >= 15 is 0 Å². The third-order valence-corrected chi connectivity index (χ3v) is 8.65. The Kier molecular flexibility index (Phi) is 20.5. The highest BCUT2D eigenvalue weighted by Crippen LogP contribution is 2.12. The van der Waals surface area contributed by atoms with Crippen LogP contribution < -0.4 is 37.6 Å². The topological polar surface area (TPSA) is 221 Å².